The van der Waals surface area contributed by atoms with E-state index in [0.29, 0.717) is 56.8 Å². The van der Waals surface area contributed by atoms with Gasteiger partial charge in [-0.25, -0.2) is 48.3 Å². The Hall–Kier alpha value is -13.3. The molecule has 0 radical (unpaired) electrons. The van der Waals surface area contributed by atoms with E-state index in [2.05, 4.69) is 68.6 Å². The van der Waals surface area contributed by atoms with E-state index < -0.39 is 189 Å². The molecule has 0 atom stereocenters. The van der Waals surface area contributed by atoms with E-state index in [4.69, 9.17) is 57.6 Å². The lowest BCUT2D eigenvalue weighted by molar-refractivity contribution is 0.645. The molecule has 5 heterocycles. The van der Waals surface area contributed by atoms with Gasteiger partial charge >= 0.3 is 0 Å². The van der Waals surface area contributed by atoms with Crippen LogP contribution in [0, 0.1) is 113 Å². The average Bonchev–Trinajstić information content (AvgIpc) is 1.04. The van der Waals surface area contributed by atoms with Gasteiger partial charge in [0, 0.05) is 49.3 Å². The van der Waals surface area contributed by atoms with Gasteiger partial charge in [0.2, 0.25) is 0 Å². The highest BCUT2D eigenvalue weighted by Crippen LogP contribution is 2.36. The Balaban J connectivity index is 0.000000291. The third-order valence-electron chi connectivity index (χ3n) is 16.0. The van der Waals surface area contributed by atoms with Gasteiger partial charge < -0.3 is 0 Å². The lowest BCUT2D eigenvalue weighted by atomic mass is 9.79. The molecule has 25 heteroatoms. The van der Waals surface area contributed by atoms with Gasteiger partial charge in [-0.05, 0) is 221 Å². The van der Waals surface area contributed by atoms with Crippen LogP contribution >= 0.6 is 0 Å². The summed E-state index contributed by atoms with van der Waals surface area (Å²) in [7, 11) is 0. The Morgan fingerprint density at radius 3 is 0.545 bits per heavy atom. The van der Waals surface area contributed by atoms with E-state index in [9.17, 15) is 52.6 Å². The van der Waals surface area contributed by atoms with Crippen molar-refractivity contribution in [3.05, 3.63) is 238 Å². The molecule has 110 heavy (non-hydrogen) atoms. The summed E-state index contributed by atoms with van der Waals surface area (Å²) >= 11 is 0. The zero-order valence-corrected chi connectivity index (χ0v) is 60.0. The van der Waals surface area contributed by atoms with Gasteiger partial charge in [-0.1, -0.05) is 91.0 Å². The predicted octanol–water partition coefficient (Wildman–Crippen LogP) is 14.6. The highest BCUT2D eigenvalue weighted by Gasteiger charge is 2.32. The summed E-state index contributed by atoms with van der Waals surface area (Å²) in [6.07, 6.45) is 11.8. The first-order valence-electron chi connectivity index (χ1n) is 52.8. The number of nitrogens with zero attached hydrogens (tertiary/aromatic N) is 25. The third-order valence-corrected chi connectivity index (χ3v) is 16.0. The molecule has 0 N–H and O–H groups in total. The van der Waals surface area contributed by atoms with Crippen LogP contribution in [-0.2, 0) is 86.7 Å². The maximum atomic E-state index is 9.87. The summed E-state index contributed by atoms with van der Waals surface area (Å²) in [6.45, 7) is -34.7. The molecule has 0 aliphatic rings. The highest BCUT2D eigenvalue weighted by atomic mass is 15.3. The predicted molar refractivity (Wildman–Crippen MR) is 414 cm³/mol. The van der Waals surface area contributed by atoms with Gasteiger partial charge in [-0.2, -0.15) is 78.1 Å². The first kappa shape index (κ1) is 42.9. The number of aromatic nitrogens is 15. The first-order valence-corrected chi connectivity index (χ1v) is 31.8. The fraction of sp³-hybridized carbons (Fsp3) is 0.412. The second-order valence-electron chi connectivity index (χ2n) is 26.4. The summed E-state index contributed by atoms with van der Waals surface area (Å²) in [4.78, 5) is 18.7. The van der Waals surface area contributed by atoms with Gasteiger partial charge in [-0.3, -0.25) is 0 Å². The molecule has 5 aromatic heterocycles. The summed E-state index contributed by atoms with van der Waals surface area (Å²) in [6, 6.07) is 34.6. The molecule has 10 aromatic rings. The molecule has 560 valence electrons. The third kappa shape index (κ3) is 22.6. The number of benzene rings is 5. The zero-order chi connectivity index (χ0) is 117. The molecular formula is C85H95N25. The van der Waals surface area contributed by atoms with Gasteiger partial charge in [0.1, 0.15) is 63.3 Å². The number of hydrogen-bond acceptors (Lipinski definition) is 20. The van der Waals surface area contributed by atoms with E-state index in [-0.39, 0.29) is 35.3 Å². The molecule has 10 rings (SSSR count). The fourth-order valence-electron chi connectivity index (χ4n) is 9.23. The molecule has 0 aliphatic heterocycles. The van der Waals surface area contributed by atoms with Crippen molar-refractivity contribution in [1.82, 2.24) is 73.8 Å². The minimum absolute atomic E-state index is 0.0132. The lowest BCUT2D eigenvalue weighted by Gasteiger charge is -2.23. The zero-order valence-electron chi connectivity index (χ0n) is 102. The molecule has 0 amide bonds. The fourth-order valence-corrected chi connectivity index (χ4v) is 9.23. The Kier molecular flexibility index (Phi) is 13.6. The summed E-state index contributed by atoms with van der Waals surface area (Å²) < 4.78 is 338. The molecule has 0 aliphatic carbocycles. The van der Waals surface area contributed by atoms with Crippen LogP contribution < -0.4 is 0 Å². The van der Waals surface area contributed by atoms with Crippen molar-refractivity contribution in [1.29, 1.82) is 52.6 Å². The van der Waals surface area contributed by atoms with Gasteiger partial charge in [-0.15, -0.1) is 0 Å². The standard InChI is InChI=1S/5C17H19N5/c5*1-16(2,9-18)14-5-13(8-22-12-20-11-21-22)6-15(7-14)17(3,4)10-19/h5*5-7,11-12H,8H2,1-4H3/i1D3,2D3,3D3,4D3,8D2;1D3,2D3,3D3,4D3;1D3,2D3,8D2;1D3,2D3;8D2. The van der Waals surface area contributed by atoms with E-state index in [1.165, 1.54) is 116 Å². The van der Waals surface area contributed by atoms with Crippen molar-refractivity contribution in [3.8, 4) is 60.7 Å². The largest absolute Gasteiger partial charge is 0.249 e. The lowest BCUT2D eigenvalue weighted by Crippen LogP contribution is -2.20. The van der Waals surface area contributed by atoms with Gasteiger partial charge in [0.15, 0.2) is 0 Å². The van der Waals surface area contributed by atoms with E-state index in [0.717, 1.165) is 52.9 Å². The second kappa shape index (κ2) is 35.0. The van der Waals surface area contributed by atoms with Crippen LogP contribution in [0.5, 0.6) is 0 Å². The van der Waals surface area contributed by atoms with Crippen LogP contribution in [0.4, 0.5) is 0 Å². The Labute approximate surface area is 705 Å². The minimum Gasteiger partial charge on any atom is -0.249 e. The molecule has 5 aromatic carbocycles. The summed E-state index contributed by atoms with van der Waals surface area (Å²) in [5.74, 6) is 0. The first-order chi connectivity index (χ1) is 68.7. The molecule has 0 bridgehead atoms. The average molecular weight is 1510 g/mol. The number of rotatable bonds is 20. The summed E-state index contributed by atoms with van der Waals surface area (Å²) in [5, 5.41) is 116. The van der Waals surface area contributed by atoms with Gasteiger partial charge in [0.25, 0.3) is 0 Å². The summed E-state index contributed by atoms with van der Waals surface area (Å²) in [5.41, 5.74) is -24.5. The quantitative estimate of drug-likeness (QED) is 0.0684. The topological polar surface area (TPSA) is 391 Å². The molecule has 0 saturated heterocycles. The minimum atomic E-state index is -3.59. The molecule has 25 nitrogen and oxygen atoms in total. The van der Waals surface area contributed by atoms with Crippen LogP contribution in [0.3, 0.4) is 0 Å². The van der Waals surface area contributed by atoms with Gasteiger partial charge in [0.05, 0.1) is 156 Å². The Morgan fingerprint density at radius 1 is 0.245 bits per heavy atom. The van der Waals surface area contributed by atoms with E-state index in [1.54, 1.807) is 71.9 Å². The van der Waals surface area contributed by atoms with Crippen LogP contribution in [0.1, 0.15) is 279 Å². The molecule has 0 fully saturated rings. The van der Waals surface area contributed by atoms with Crippen molar-refractivity contribution in [3.63, 3.8) is 0 Å². The molecule has 0 spiro atoms. The highest BCUT2D eigenvalue weighted by molar-refractivity contribution is 5.48. The second-order valence-corrected chi connectivity index (χ2v) is 26.4. The maximum Gasteiger partial charge on any atom is 0.137 e. The number of nitriles is 10. The molecule has 0 unspecified atom stereocenters. The number of hydrogen-bond donors (Lipinski definition) is 0. The normalized spacial score (nSPS) is 19.1. The SMILES string of the molecule is [2H]C([2H])([2H])C(C#N)(c1cc(Cn2cncn2)cc(C(C#N)(C([2H])([2H])[2H])C([2H])([2H])[2H])c1)C([2H])([2H])[2H].[2H]C([2H])([2H])C(C#N)(c1cc(Cn2cncn2)cc(C(C)(C)C#N)c1)C([2H])([2H])[2H].[2H]C([2H])(c1cc(C(C#N)(C([2H])([2H])[2H])C([2H])([2H])[2H])cc(C(C#N)(C([2H])([2H])[2H])C([2H])([2H])[2H])c1)n1cncn1.[2H]C([2H])(c1cc(C(C)(C)C#N)cc(C(C#N)(C([2H])([2H])[2H])C([2H])([2H])[2H])c1)n1cncn1.[2H]C([2H])(c1cc(C(C)(C)C#N)cc(C(C)(C)C#N)c1)n1cncn1. The Bertz CT molecular complexity index is 6730. The van der Waals surface area contributed by atoms with Crippen LogP contribution in [0.25, 0.3) is 0 Å². The maximum absolute atomic E-state index is 9.87. The molecular weight excluding hydrogens is 1370 g/mol. The van der Waals surface area contributed by atoms with Crippen LogP contribution in [0.2, 0.25) is 0 Å². The van der Waals surface area contributed by atoms with Crippen molar-refractivity contribution in [2.45, 2.75) is 224 Å². The van der Waals surface area contributed by atoms with Crippen molar-refractivity contribution in [2.75, 3.05) is 0 Å². The van der Waals surface area contributed by atoms with E-state index >= 15 is 0 Å². The molecule has 0 saturated carbocycles. The van der Waals surface area contributed by atoms with Crippen molar-refractivity contribution >= 4 is 0 Å². The van der Waals surface area contributed by atoms with Crippen LogP contribution in [0.15, 0.2) is 154 Å². The van der Waals surface area contributed by atoms with E-state index in [1.807, 2.05) is 6.07 Å². The van der Waals surface area contributed by atoms with Crippen molar-refractivity contribution < 1.29 is 57.6 Å². The Morgan fingerprint density at radius 2 is 0.400 bits per heavy atom. The van der Waals surface area contributed by atoms with Crippen LogP contribution in [-0.4, -0.2) is 73.8 Å². The monoisotopic (exact) mass is 1510 g/mol. The smallest absolute Gasteiger partial charge is 0.137 e. The van der Waals surface area contributed by atoms with Crippen molar-refractivity contribution in [2.24, 2.45) is 0 Å².